The van der Waals surface area contributed by atoms with Gasteiger partial charge in [-0.25, -0.2) is 0 Å². The Morgan fingerprint density at radius 1 is 1.14 bits per heavy atom. The Labute approximate surface area is 185 Å². The topological polar surface area (TPSA) is 40.5 Å². The van der Waals surface area contributed by atoms with Gasteiger partial charge in [0.15, 0.2) is 0 Å². The fourth-order valence-corrected chi connectivity index (χ4v) is 8.19. The minimum Gasteiger partial charge on any atom is -0.393 e. The molecule has 0 amide bonds. The van der Waals surface area contributed by atoms with Gasteiger partial charge in [0.2, 0.25) is 0 Å². The highest BCUT2D eigenvalue weighted by molar-refractivity contribution is 5.25. The van der Waals surface area contributed by atoms with Crippen molar-refractivity contribution in [2.45, 2.75) is 111 Å². The van der Waals surface area contributed by atoms with Crippen molar-refractivity contribution < 1.29 is 15.7 Å². The first-order chi connectivity index (χ1) is 15.0. The van der Waals surface area contributed by atoms with Crippen LogP contribution in [-0.4, -0.2) is 22.4 Å². The number of fused-ring (bicyclic) bond motifs is 5. The van der Waals surface area contributed by atoms with Gasteiger partial charge in [-0.3, -0.25) is 0 Å². The highest BCUT2D eigenvalue weighted by atomic mass is 16.3. The maximum Gasteiger partial charge on any atom is 0.0603 e. The monoisotopic (exact) mass is 406 g/mol. The number of aliphatic hydroxyl groups is 2. The molecule has 166 valence electrons. The Morgan fingerprint density at radius 2 is 1.90 bits per heavy atom. The molecule has 0 saturated heterocycles. The number of hydrogen-bond donors (Lipinski definition) is 2. The predicted molar refractivity (Wildman–Crippen MR) is 120 cm³/mol. The minimum atomic E-state index is -2.45. The van der Waals surface area contributed by atoms with Crippen molar-refractivity contribution >= 4 is 0 Å². The Morgan fingerprint density at radius 3 is 2.62 bits per heavy atom. The van der Waals surface area contributed by atoms with Crippen molar-refractivity contribution in [2.75, 3.05) is 0 Å². The molecule has 0 heterocycles. The molecule has 0 radical (unpaired) electrons. The smallest absolute Gasteiger partial charge is 0.0603 e. The summed E-state index contributed by atoms with van der Waals surface area (Å²) in [6.45, 7) is 9.84. The van der Waals surface area contributed by atoms with Gasteiger partial charge in [-0.15, -0.1) is 0 Å². The summed E-state index contributed by atoms with van der Waals surface area (Å²) in [5.41, 5.74) is 1.89. The predicted octanol–water partition coefficient (Wildman–Crippen LogP) is 6.36. The standard InChI is InChI=1S/C27H46O2/c1-17(2)25(29)11-6-18(3)22-9-10-23-21-8-7-19-16-20(28)12-14-26(19,4)24(21)13-15-27(22,23)5/h7,17-18,20-25,28-29H,6,8-16H2,1-5H3/t18?,20-,21-,22-,23+,24?,25?,26-,27+/m0/s1/i11D2,17D,25D. The highest BCUT2D eigenvalue weighted by Gasteiger charge is 2.59. The van der Waals surface area contributed by atoms with E-state index in [1.54, 1.807) is 0 Å². The first-order valence-corrected chi connectivity index (χ1v) is 12.1. The average molecular weight is 407 g/mol. The lowest BCUT2D eigenvalue weighted by atomic mass is 9.47. The first-order valence-electron chi connectivity index (χ1n) is 14.1. The summed E-state index contributed by atoms with van der Waals surface area (Å²) in [7, 11) is 0. The third-order valence-electron chi connectivity index (χ3n) is 9.90. The Bertz CT molecular complexity index is 787. The molecule has 4 aliphatic rings. The fraction of sp³-hybridized carbons (Fsp3) is 0.926. The van der Waals surface area contributed by atoms with E-state index in [0.717, 1.165) is 38.5 Å². The third-order valence-corrected chi connectivity index (χ3v) is 9.90. The zero-order valence-corrected chi connectivity index (χ0v) is 19.3. The molecule has 0 aromatic rings. The second-order valence-corrected chi connectivity index (χ2v) is 11.6. The SMILES string of the molecule is [2H]C(C)(C)C([2H])(O)C([2H])([2H])CC(C)[C@@H]1CC[C@@H]2[C@@H]3CC=C4C[C@@H](O)CC[C@]4(C)C3CC[C@@]21C. The zero-order chi connectivity index (χ0) is 24.6. The molecule has 3 saturated carbocycles. The van der Waals surface area contributed by atoms with Crippen LogP contribution >= 0.6 is 0 Å². The molecule has 2 nitrogen and oxygen atoms in total. The van der Waals surface area contributed by atoms with E-state index in [2.05, 4.69) is 26.8 Å². The van der Waals surface area contributed by atoms with Gasteiger partial charge in [-0.1, -0.05) is 46.3 Å². The van der Waals surface area contributed by atoms with E-state index < -0.39 is 18.3 Å². The van der Waals surface area contributed by atoms with Gasteiger partial charge >= 0.3 is 0 Å². The van der Waals surface area contributed by atoms with E-state index in [9.17, 15) is 10.2 Å². The zero-order valence-electron chi connectivity index (χ0n) is 23.3. The molecule has 0 bridgehead atoms. The summed E-state index contributed by atoms with van der Waals surface area (Å²) in [4.78, 5) is 0. The molecule has 2 heteroatoms. The summed E-state index contributed by atoms with van der Waals surface area (Å²) in [5, 5.41) is 20.9. The van der Waals surface area contributed by atoms with Crippen LogP contribution in [0, 0.1) is 46.3 Å². The van der Waals surface area contributed by atoms with Gasteiger partial charge in [-0.05, 0) is 110 Å². The van der Waals surface area contributed by atoms with Crippen LogP contribution in [0.2, 0.25) is 0 Å². The molecular formula is C27H46O2. The molecular weight excluding hydrogens is 356 g/mol. The Kier molecular flexibility index (Phi) is 4.74. The summed E-state index contributed by atoms with van der Waals surface area (Å²) >= 11 is 0. The van der Waals surface area contributed by atoms with Crippen LogP contribution in [0.15, 0.2) is 11.6 Å². The molecule has 0 aromatic heterocycles. The van der Waals surface area contributed by atoms with Crippen LogP contribution in [0.25, 0.3) is 0 Å². The van der Waals surface area contributed by atoms with Crippen LogP contribution in [0.4, 0.5) is 0 Å². The first kappa shape index (κ1) is 17.2. The Hall–Kier alpha value is -0.340. The summed E-state index contributed by atoms with van der Waals surface area (Å²) in [5.74, 6) is 0.841. The number of rotatable bonds is 5. The maximum atomic E-state index is 10.7. The number of aliphatic hydroxyl groups excluding tert-OH is 1. The molecule has 0 aliphatic heterocycles. The fourth-order valence-electron chi connectivity index (χ4n) is 8.19. The third kappa shape index (κ3) is 3.65. The van der Waals surface area contributed by atoms with Crippen LogP contribution in [0.3, 0.4) is 0 Å². The molecule has 3 unspecified atom stereocenters. The minimum absolute atomic E-state index is 0.0564. The highest BCUT2D eigenvalue weighted by Crippen LogP contribution is 2.67. The largest absolute Gasteiger partial charge is 0.393 e. The van der Waals surface area contributed by atoms with E-state index in [4.69, 9.17) is 5.48 Å². The molecule has 2 N–H and O–H groups in total. The lowest BCUT2D eigenvalue weighted by Crippen LogP contribution is -2.50. The summed E-state index contributed by atoms with van der Waals surface area (Å²) < 4.78 is 33.5. The summed E-state index contributed by atoms with van der Waals surface area (Å²) in [6.07, 6.45) is 6.44. The van der Waals surface area contributed by atoms with Crippen LogP contribution < -0.4 is 0 Å². The van der Waals surface area contributed by atoms with E-state index in [1.807, 2.05) is 0 Å². The van der Waals surface area contributed by atoms with Gasteiger partial charge in [0.25, 0.3) is 0 Å². The molecule has 4 rings (SSSR count). The van der Waals surface area contributed by atoms with E-state index in [1.165, 1.54) is 32.3 Å². The molecule has 0 aromatic carbocycles. The van der Waals surface area contributed by atoms with Crippen LogP contribution in [0.1, 0.15) is 104 Å². The summed E-state index contributed by atoms with van der Waals surface area (Å²) in [6, 6.07) is 0. The van der Waals surface area contributed by atoms with Crippen LogP contribution in [-0.2, 0) is 0 Å². The van der Waals surface area contributed by atoms with Crippen LogP contribution in [0.5, 0.6) is 0 Å². The van der Waals surface area contributed by atoms with Gasteiger partial charge in [0, 0.05) is 4.11 Å². The second kappa shape index (κ2) is 7.97. The van der Waals surface area contributed by atoms with Gasteiger partial charge < -0.3 is 10.2 Å². The molecule has 29 heavy (non-hydrogen) atoms. The van der Waals surface area contributed by atoms with Crippen molar-refractivity contribution in [3.8, 4) is 0 Å². The Balaban J connectivity index is 1.53. The second-order valence-electron chi connectivity index (χ2n) is 11.6. The number of hydrogen-bond acceptors (Lipinski definition) is 2. The molecule has 0 spiro atoms. The average Bonchev–Trinajstić information content (AvgIpc) is 3.04. The van der Waals surface area contributed by atoms with Crippen molar-refractivity contribution in [3.63, 3.8) is 0 Å². The molecule has 3 fully saturated rings. The van der Waals surface area contributed by atoms with Gasteiger partial charge in [-0.2, -0.15) is 0 Å². The number of allylic oxidation sites excluding steroid dienone is 1. The van der Waals surface area contributed by atoms with E-state index >= 15 is 0 Å². The lowest BCUT2D eigenvalue weighted by molar-refractivity contribution is -0.0579. The van der Waals surface area contributed by atoms with Gasteiger partial charge in [0.05, 0.1) is 13.6 Å². The normalized spacial score (nSPS) is 50.4. The maximum absolute atomic E-state index is 10.7. The lowest BCUT2D eigenvalue weighted by Gasteiger charge is -2.58. The van der Waals surface area contributed by atoms with Gasteiger partial charge in [0.1, 0.15) is 0 Å². The van der Waals surface area contributed by atoms with Crippen molar-refractivity contribution in [2.24, 2.45) is 46.3 Å². The van der Waals surface area contributed by atoms with E-state index in [-0.39, 0.29) is 29.3 Å². The van der Waals surface area contributed by atoms with Crippen molar-refractivity contribution in [3.05, 3.63) is 11.6 Å². The van der Waals surface area contributed by atoms with E-state index in [0.29, 0.717) is 23.7 Å². The van der Waals surface area contributed by atoms with Crippen molar-refractivity contribution in [1.82, 2.24) is 0 Å². The van der Waals surface area contributed by atoms with Crippen molar-refractivity contribution in [1.29, 1.82) is 0 Å². The molecule has 9 atom stereocenters. The quantitative estimate of drug-likeness (QED) is 0.522. The molecule has 4 aliphatic carbocycles.